The van der Waals surface area contributed by atoms with Crippen LogP contribution < -0.4 is 15.1 Å². The smallest absolute Gasteiger partial charge is 0.335 e. The maximum absolute atomic E-state index is 13.3. The summed E-state index contributed by atoms with van der Waals surface area (Å²) in [4.78, 5) is 41.8. The minimum absolute atomic E-state index is 0.0679. The number of nitrogens with zero attached hydrogens (tertiary/aromatic N) is 2. The molecule has 2 aliphatic rings. The zero-order valence-electron chi connectivity index (χ0n) is 20.8. The van der Waals surface area contributed by atoms with Crippen LogP contribution in [0.4, 0.5) is 16.2 Å². The van der Waals surface area contributed by atoms with E-state index in [-0.39, 0.29) is 11.1 Å². The molecule has 0 aromatic heterocycles. The van der Waals surface area contributed by atoms with Crippen molar-refractivity contribution in [1.82, 2.24) is 5.32 Å². The monoisotopic (exact) mass is 457 g/mol. The van der Waals surface area contributed by atoms with Gasteiger partial charge in [-0.15, -0.1) is 0 Å². The number of rotatable bonds is 3. The molecule has 0 saturated carbocycles. The van der Waals surface area contributed by atoms with Crippen LogP contribution in [0.15, 0.2) is 48.0 Å². The zero-order valence-corrected chi connectivity index (χ0v) is 20.8. The molecular formula is C28H31N3O3. The van der Waals surface area contributed by atoms with Gasteiger partial charge in [0.05, 0.1) is 11.2 Å². The number of aryl methyl sites for hydroxylation is 2. The van der Waals surface area contributed by atoms with E-state index in [9.17, 15) is 14.4 Å². The van der Waals surface area contributed by atoms with Crippen LogP contribution in [-0.4, -0.2) is 29.4 Å². The van der Waals surface area contributed by atoms with Gasteiger partial charge in [0.15, 0.2) is 0 Å². The maximum Gasteiger partial charge on any atom is 0.335 e. The molecule has 0 radical (unpaired) electrons. The Morgan fingerprint density at radius 3 is 2.24 bits per heavy atom. The highest BCUT2D eigenvalue weighted by Gasteiger charge is 2.37. The van der Waals surface area contributed by atoms with Crippen molar-refractivity contribution in [3.05, 3.63) is 70.3 Å². The molecule has 2 aromatic rings. The normalized spacial score (nSPS) is 18.9. The number of urea groups is 1. The molecular weight excluding hydrogens is 426 g/mol. The van der Waals surface area contributed by atoms with E-state index in [0.29, 0.717) is 11.7 Å². The van der Waals surface area contributed by atoms with Crippen molar-refractivity contribution in [2.24, 2.45) is 0 Å². The van der Waals surface area contributed by atoms with Gasteiger partial charge in [0.1, 0.15) is 5.57 Å². The lowest BCUT2D eigenvalue weighted by Crippen LogP contribution is -2.54. The molecule has 1 N–H and O–H groups in total. The first-order valence-corrected chi connectivity index (χ1v) is 11.5. The van der Waals surface area contributed by atoms with Gasteiger partial charge in [0, 0.05) is 17.3 Å². The van der Waals surface area contributed by atoms with Crippen molar-refractivity contribution >= 4 is 40.9 Å². The molecule has 1 saturated heterocycles. The number of hydrogen-bond acceptors (Lipinski definition) is 4. The van der Waals surface area contributed by atoms with Crippen molar-refractivity contribution in [2.45, 2.75) is 60.0 Å². The summed E-state index contributed by atoms with van der Waals surface area (Å²) in [6.45, 7) is 14.7. The standard InChI is InChI=1S/C28H31N3O3/c1-16(2)31-24-12-18(4)20(13-22(24)19(5)15-28(31,6)7)14-23-25(32)29-27(34)30(26(23)33)21-10-8-17(3)9-11-21/h8-16H,1-7H3,(H,29,32,34)/b23-14+. The lowest BCUT2D eigenvalue weighted by molar-refractivity contribution is -0.122. The van der Waals surface area contributed by atoms with Crippen LogP contribution in [0.2, 0.25) is 0 Å². The third kappa shape index (κ3) is 3.94. The minimum atomic E-state index is -0.744. The van der Waals surface area contributed by atoms with E-state index in [1.807, 2.05) is 32.0 Å². The lowest BCUT2D eigenvalue weighted by atomic mass is 9.85. The predicted octanol–water partition coefficient (Wildman–Crippen LogP) is 5.38. The quantitative estimate of drug-likeness (QED) is 0.496. The van der Waals surface area contributed by atoms with Crippen LogP contribution >= 0.6 is 0 Å². The number of nitrogens with one attached hydrogen (secondary N) is 1. The minimum Gasteiger partial charge on any atom is -0.360 e. The second kappa shape index (κ2) is 8.28. The van der Waals surface area contributed by atoms with Gasteiger partial charge in [0.25, 0.3) is 11.8 Å². The molecule has 0 bridgehead atoms. The fourth-order valence-electron chi connectivity index (χ4n) is 5.05. The molecule has 4 rings (SSSR count). The fraction of sp³-hybridized carbons (Fsp3) is 0.321. The van der Waals surface area contributed by atoms with E-state index in [0.717, 1.165) is 38.4 Å². The molecule has 2 aromatic carbocycles. The van der Waals surface area contributed by atoms with E-state index in [2.05, 4.69) is 57.0 Å². The molecule has 0 unspecified atom stereocenters. The van der Waals surface area contributed by atoms with Crippen LogP contribution in [0.1, 0.15) is 56.9 Å². The molecule has 6 nitrogen and oxygen atoms in total. The van der Waals surface area contributed by atoms with Crippen molar-refractivity contribution in [3.8, 4) is 0 Å². The summed E-state index contributed by atoms with van der Waals surface area (Å²) < 4.78 is 0. The van der Waals surface area contributed by atoms with Gasteiger partial charge in [0.2, 0.25) is 0 Å². The number of carbonyl (C=O) groups is 3. The number of carbonyl (C=O) groups excluding carboxylic acids is 3. The van der Waals surface area contributed by atoms with Crippen LogP contribution in [0.5, 0.6) is 0 Å². The van der Waals surface area contributed by atoms with Gasteiger partial charge in [-0.1, -0.05) is 23.8 Å². The summed E-state index contributed by atoms with van der Waals surface area (Å²) in [5.41, 5.74) is 6.29. The summed E-state index contributed by atoms with van der Waals surface area (Å²) in [6.07, 6.45) is 3.84. The Morgan fingerprint density at radius 1 is 0.971 bits per heavy atom. The number of anilines is 2. The van der Waals surface area contributed by atoms with Crippen LogP contribution in [0.25, 0.3) is 11.6 Å². The van der Waals surface area contributed by atoms with E-state index in [1.165, 1.54) is 0 Å². The lowest BCUT2D eigenvalue weighted by Gasteiger charge is -2.46. The molecule has 6 heteroatoms. The summed E-state index contributed by atoms with van der Waals surface area (Å²) in [6, 6.07) is 10.7. The van der Waals surface area contributed by atoms with Gasteiger partial charge < -0.3 is 4.90 Å². The molecule has 176 valence electrons. The molecule has 2 aliphatic heterocycles. The third-order valence-corrected chi connectivity index (χ3v) is 6.47. The Bertz CT molecular complexity index is 1270. The first-order valence-electron chi connectivity index (χ1n) is 11.5. The van der Waals surface area contributed by atoms with Crippen LogP contribution in [0, 0.1) is 13.8 Å². The van der Waals surface area contributed by atoms with Crippen molar-refractivity contribution in [2.75, 3.05) is 9.80 Å². The third-order valence-electron chi connectivity index (χ3n) is 6.47. The molecule has 2 heterocycles. The largest absolute Gasteiger partial charge is 0.360 e. The first-order chi connectivity index (χ1) is 15.9. The average Bonchev–Trinajstić information content (AvgIpc) is 2.72. The van der Waals surface area contributed by atoms with Crippen molar-refractivity contribution < 1.29 is 14.4 Å². The summed E-state index contributed by atoms with van der Waals surface area (Å²) in [5.74, 6) is -1.32. The van der Waals surface area contributed by atoms with Gasteiger partial charge in [-0.2, -0.15) is 0 Å². The number of allylic oxidation sites excluding steroid dienone is 1. The number of hydrogen-bond donors (Lipinski definition) is 1. The highest BCUT2D eigenvalue weighted by molar-refractivity contribution is 6.39. The molecule has 0 spiro atoms. The first kappa shape index (κ1) is 23.5. The van der Waals surface area contributed by atoms with E-state index < -0.39 is 17.8 Å². The van der Waals surface area contributed by atoms with Gasteiger partial charge in [-0.05, 0) is 95.5 Å². The number of barbiturate groups is 1. The van der Waals surface area contributed by atoms with Gasteiger partial charge in [-0.25, -0.2) is 9.69 Å². The summed E-state index contributed by atoms with van der Waals surface area (Å²) in [7, 11) is 0. The van der Waals surface area contributed by atoms with Crippen molar-refractivity contribution in [3.63, 3.8) is 0 Å². The summed E-state index contributed by atoms with van der Waals surface area (Å²) >= 11 is 0. The summed E-state index contributed by atoms with van der Waals surface area (Å²) in [5, 5.41) is 2.31. The van der Waals surface area contributed by atoms with Crippen LogP contribution in [-0.2, 0) is 9.59 Å². The highest BCUT2D eigenvalue weighted by atomic mass is 16.2. The molecule has 34 heavy (non-hydrogen) atoms. The highest BCUT2D eigenvalue weighted by Crippen LogP contribution is 2.42. The van der Waals surface area contributed by atoms with Gasteiger partial charge >= 0.3 is 6.03 Å². The Balaban J connectivity index is 1.80. The predicted molar refractivity (Wildman–Crippen MR) is 137 cm³/mol. The number of fused-ring (bicyclic) bond motifs is 1. The molecule has 1 fully saturated rings. The average molecular weight is 458 g/mol. The maximum atomic E-state index is 13.3. The molecule has 4 amide bonds. The Morgan fingerprint density at radius 2 is 1.62 bits per heavy atom. The molecule has 0 aliphatic carbocycles. The zero-order chi connectivity index (χ0) is 24.9. The number of imide groups is 2. The number of amides is 4. The Kier molecular flexibility index (Phi) is 5.72. The molecule has 0 atom stereocenters. The Labute approximate surface area is 200 Å². The van der Waals surface area contributed by atoms with Crippen LogP contribution in [0.3, 0.4) is 0 Å². The SMILES string of the molecule is CC1=CC(C)(C)N(C(C)C)c2cc(C)c(/C=C3\C(=O)NC(=O)N(c4ccc(C)cc4)C3=O)cc21. The van der Waals surface area contributed by atoms with Crippen molar-refractivity contribution in [1.29, 1.82) is 0 Å². The van der Waals surface area contributed by atoms with E-state index in [1.54, 1.807) is 18.2 Å². The second-order valence-corrected chi connectivity index (χ2v) is 9.96. The van der Waals surface area contributed by atoms with Gasteiger partial charge in [-0.3, -0.25) is 14.9 Å². The fourth-order valence-corrected chi connectivity index (χ4v) is 5.05. The van der Waals surface area contributed by atoms with E-state index >= 15 is 0 Å². The van der Waals surface area contributed by atoms with E-state index in [4.69, 9.17) is 0 Å². The number of benzene rings is 2. The second-order valence-electron chi connectivity index (χ2n) is 9.96. The topological polar surface area (TPSA) is 69.7 Å². The Hall–Kier alpha value is -3.67.